The van der Waals surface area contributed by atoms with Crippen molar-refractivity contribution in [3.05, 3.63) is 24.3 Å². The zero-order valence-corrected chi connectivity index (χ0v) is 12.4. The number of urea groups is 1. The fraction of sp³-hybridized carbons (Fsp3) is 0.562. The summed E-state index contributed by atoms with van der Waals surface area (Å²) >= 11 is 0. The summed E-state index contributed by atoms with van der Waals surface area (Å²) in [5.41, 5.74) is 0.747. The maximum absolute atomic E-state index is 12.3. The van der Waals surface area contributed by atoms with Crippen molar-refractivity contribution in [2.75, 3.05) is 25.0 Å². The van der Waals surface area contributed by atoms with E-state index in [1.54, 1.807) is 0 Å². The van der Waals surface area contributed by atoms with Gasteiger partial charge in [0.15, 0.2) is 0 Å². The Kier molecular flexibility index (Phi) is 5.27. The zero-order chi connectivity index (χ0) is 14.4. The Balaban J connectivity index is 2.00. The summed E-state index contributed by atoms with van der Waals surface area (Å²) in [6, 6.07) is 7.55. The van der Waals surface area contributed by atoms with Crippen molar-refractivity contribution in [2.45, 2.75) is 33.1 Å². The van der Waals surface area contributed by atoms with Crippen LogP contribution in [0, 0.1) is 5.92 Å². The van der Waals surface area contributed by atoms with Crippen LogP contribution in [0.5, 0.6) is 5.75 Å². The highest BCUT2D eigenvalue weighted by molar-refractivity contribution is 5.91. The van der Waals surface area contributed by atoms with Crippen LogP contribution in [0.3, 0.4) is 0 Å². The van der Waals surface area contributed by atoms with Crippen LogP contribution < -0.4 is 10.1 Å². The standard InChI is InChI=1S/C16H24N2O2/c1-3-20-15-9-5-4-8-14(15)17-16(19)18-11-6-7-13(2)10-12-18/h4-5,8-9,13H,3,6-7,10-12H2,1-2H3,(H,17,19). The Labute approximate surface area is 121 Å². The van der Waals surface area contributed by atoms with E-state index < -0.39 is 0 Å². The fourth-order valence-electron chi connectivity index (χ4n) is 2.51. The minimum absolute atomic E-state index is 0.0220. The molecule has 0 radical (unpaired) electrons. The molecule has 1 aromatic carbocycles. The fourth-order valence-corrected chi connectivity index (χ4v) is 2.51. The average molecular weight is 276 g/mol. The number of amides is 2. The van der Waals surface area contributed by atoms with Crippen molar-refractivity contribution in [3.63, 3.8) is 0 Å². The van der Waals surface area contributed by atoms with E-state index in [4.69, 9.17) is 4.74 Å². The Morgan fingerprint density at radius 1 is 1.35 bits per heavy atom. The van der Waals surface area contributed by atoms with Gasteiger partial charge in [0.1, 0.15) is 5.75 Å². The zero-order valence-electron chi connectivity index (χ0n) is 12.4. The van der Waals surface area contributed by atoms with Crippen molar-refractivity contribution in [1.82, 2.24) is 4.90 Å². The number of para-hydroxylation sites is 2. The maximum Gasteiger partial charge on any atom is 0.321 e. The van der Waals surface area contributed by atoms with Gasteiger partial charge in [-0.15, -0.1) is 0 Å². The van der Waals surface area contributed by atoms with Gasteiger partial charge in [-0.2, -0.15) is 0 Å². The van der Waals surface area contributed by atoms with Crippen LogP contribution in [0.15, 0.2) is 24.3 Å². The van der Waals surface area contributed by atoms with E-state index in [2.05, 4.69) is 12.2 Å². The van der Waals surface area contributed by atoms with Crippen LogP contribution in [0.2, 0.25) is 0 Å². The lowest BCUT2D eigenvalue weighted by Crippen LogP contribution is -2.35. The number of hydrogen-bond donors (Lipinski definition) is 1. The minimum atomic E-state index is -0.0220. The summed E-state index contributed by atoms with van der Waals surface area (Å²) in [5, 5.41) is 2.97. The highest BCUT2D eigenvalue weighted by atomic mass is 16.5. The largest absolute Gasteiger partial charge is 0.492 e. The minimum Gasteiger partial charge on any atom is -0.492 e. The highest BCUT2D eigenvalue weighted by Gasteiger charge is 2.19. The van der Waals surface area contributed by atoms with E-state index >= 15 is 0 Å². The number of benzene rings is 1. The van der Waals surface area contributed by atoms with Crippen molar-refractivity contribution in [2.24, 2.45) is 5.92 Å². The van der Waals surface area contributed by atoms with Gasteiger partial charge in [0, 0.05) is 13.1 Å². The molecule has 1 aliphatic heterocycles. The van der Waals surface area contributed by atoms with Gasteiger partial charge in [-0.25, -0.2) is 4.79 Å². The first-order chi connectivity index (χ1) is 9.70. The summed E-state index contributed by atoms with van der Waals surface area (Å²) in [7, 11) is 0. The molecule has 2 amide bonds. The van der Waals surface area contributed by atoms with E-state index in [1.165, 1.54) is 6.42 Å². The van der Waals surface area contributed by atoms with Crippen molar-refractivity contribution >= 4 is 11.7 Å². The number of nitrogens with zero attached hydrogens (tertiary/aromatic N) is 1. The predicted octanol–water partition coefficient (Wildman–Crippen LogP) is 3.74. The molecule has 0 saturated carbocycles. The summed E-state index contributed by atoms with van der Waals surface area (Å²) in [5.74, 6) is 1.44. The van der Waals surface area contributed by atoms with Gasteiger partial charge in [-0.05, 0) is 44.2 Å². The first kappa shape index (κ1) is 14.7. The third-order valence-electron chi connectivity index (χ3n) is 3.73. The predicted molar refractivity (Wildman–Crippen MR) is 81.2 cm³/mol. The SMILES string of the molecule is CCOc1ccccc1NC(=O)N1CCCC(C)CC1. The van der Waals surface area contributed by atoms with Crippen LogP contribution in [-0.4, -0.2) is 30.6 Å². The van der Waals surface area contributed by atoms with Gasteiger partial charge in [0.25, 0.3) is 0 Å². The molecule has 1 saturated heterocycles. The second-order valence-electron chi connectivity index (χ2n) is 5.38. The lowest BCUT2D eigenvalue weighted by Gasteiger charge is -2.21. The summed E-state index contributed by atoms with van der Waals surface area (Å²) < 4.78 is 5.53. The lowest BCUT2D eigenvalue weighted by atomic mass is 10.0. The molecule has 2 rings (SSSR count). The number of likely N-dealkylation sites (tertiary alicyclic amines) is 1. The van der Waals surface area contributed by atoms with Crippen molar-refractivity contribution < 1.29 is 9.53 Å². The molecule has 1 aliphatic rings. The molecule has 1 heterocycles. The number of nitrogens with one attached hydrogen (secondary N) is 1. The second kappa shape index (κ2) is 7.17. The normalized spacial score (nSPS) is 19.3. The number of carbonyl (C=O) groups is 1. The van der Waals surface area contributed by atoms with Crippen LogP contribution >= 0.6 is 0 Å². The topological polar surface area (TPSA) is 41.6 Å². The first-order valence-electron chi connectivity index (χ1n) is 7.48. The van der Waals surface area contributed by atoms with Crippen LogP contribution in [0.25, 0.3) is 0 Å². The molecule has 0 spiro atoms. The number of ether oxygens (including phenoxy) is 1. The van der Waals surface area contributed by atoms with Gasteiger partial charge < -0.3 is 15.0 Å². The Bertz CT molecular complexity index is 448. The molecule has 20 heavy (non-hydrogen) atoms. The van der Waals surface area contributed by atoms with E-state index in [9.17, 15) is 4.79 Å². The summed E-state index contributed by atoms with van der Waals surface area (Å²) in [6.45, 7) is 6.46. The molecule has 4 nitrogen and oxygen atoms in total. The van der Waals surface area contributed by atoms with Gasteiger partial charge in [0.05, 0.1) is 12.3 Å². The third-order valence-corrected chi connectivity index (χ3v) is 3.73. The molecule has 1 fully saturated rings. The molecule has 0 bridgehead atoms. The molecule has 0 aromatic heterocycles. The van der Waals surface area contributed by atoms with Crippen LogP contribution in [0.4, 0.5) is 10.5 Å². The van der Waals surface area contributed by atoms with Gasteiger partial charge in [0.2, 0.25) is 0 Å². The average Bonchev–Trinajstić information content (AvgIpc) is 2.66. The van der Waals surface area contributed by atoms with Crippen molar-refractivity contribution in [3.8, 4) is 5.75 Å². The maximum atomic E-state index is 12.3. The van der Waals surface area contributed by atoms with E-state index in [0.717, 1.165) is 37.4 Å². The molecule has 1 aromatic rings. The third kappa shape index (κ3) is 3.89. The van der Waals surface area contributed by atoms with Gasteiger partial charge in [-0.3, -0.25) is 0 Å². The quantitative estimate of drug-likeness (QED) is 0.913. The molecule has 0 aliphatic carbocycles. The molecule has 1 unspecified atom stereocenters. The Morgan fingerprint density at radius 2 is 2.15 bits per heavy atom. The van der Waals surface area contributed by atoms with E-state index in [-0.39, 0.29) is 6.03 Å². The lowest BCUT2D eigenvalue weighted by molar-refractivity contribution is 0.213. The molecular formula is C16H24N2O2. The Hall–Kier alpha value is -1.71. The number of hydrogen-bond acceptors (Lipinski definition) is 2. The molecule has 110 valence electrons. The van der Waals surface area contributed by atoms with Crippen LogP contribution in [0.1, 0.15) is 33.1 Å². The number of rotatable bonds is 3. The molecule has 1 N–H and O–H groups in total. The van der Waals surface area contributed by atoms with Gasteiger partial charge >= 0.3 is 6.03 Å². The van der Waals surface area contributed by atoms with E-state index in [0.29, 0.717) is 12.5 Å². The molecular weight excluding hydrogens is 252 g/mol. The van der Waals surface area contributed by atoms with Gasteiger partial charge in [-0.1, -0.05) is 19.1 Å². The first-order valence-corrected chi connectivity index (χ1v) is 7.48. The number of anilines is 1. The monoisotopic (exact) mass is 276 g/mol. The summed E-state index contributed by atoms with van der Waals surface area (Å²) in [6.07, 6.45) is 3.38. The Morgan fingerprint density at radius 3 is 2.95 bits per heavy atom. The smallest absolute Gasteiger partial charge is 0.321 e. The highest BCUT2D eigenvalue weighted by Crippen LogP contribution is 2.24. The van der Waals surface area contributed by atoms with Crippen LogP contribution in [-0.2, 0) is 0 Å². The molecule has 4 heteroatoms. The second-order valence-corrected chi connectivity index (χ2v) is 5.38. The van der Waals surface area contributed by atoms with E-state index in [1.807, 2.05) is 36.1 Å². The number of carbonyl (C=O) groups excluding carboxylic acids is 1. The molecule has 1 atom stereocenters. The van der Waals surface area contributed by atoms with Crippen molar-refractivity contribution in [1.29, 1.82) is 0 Å². The summed E-state index contributed by atoms with van der Waals surface area (Å²) in [4.78, 5) is 14.3.